The van der Waals surface area contributed by atoms with Crippen LogP contribution in [-0.4, -0.2) is 40.0 Å². The summed E-state index contributed by atoms with van der Waals surface area (Å²) in [5, 5.41) is 22.8. The Morgan fingerprint density at radius 3 is 3.00 bits per heavy atom. The van der Waals surface area contributed by atoms with Crippen LogP contribution in [0.2, 0.25) is 0 Å². The molecule has 1 aromatic heterocycles. The van der Waals surface area contributed by atoms with Gasteiger partial charge >= 0.3 is 7.12 Å². The zero-order valence-electron chi connectivity index (χ0n) is 12.1. The maximum atomic E-state index is 12.2. The van der Waals surface area contributed by atoms with E-state index < -0.39 is 13.1 Å². The molecular formula is C15H18BNO4S. The SMILES string of the molecule is O=C(NC(Cc1coc2ccccc12)B(O)O)C1CCCS1. The molecule has 2 unspecified atom stereocenters. The molecule has 2 atom stereocenters. The van der Waals surface area contributed by atoms with Crippen LogP contribution < -0.4 is 5.32 Å². The van der Waals surface area contributed by atoms with Crippen molar-refractivity contribution in [1.82, 2.24) is 5.32 Å². The first-order valence-electron chi connectivity index (χ1n) is 7.38. The van der Waals surface area contributed by atoms with Crippen molar-refractivity contribution in [3.63, 3.8) is 0 Å². The van der Waals surface area contributed by atoms with Crippen LogP contribution in [0.25, 0.3) is 11.0 Å². The lowest BCUT2D eigenvalue weighted by Crippen LogP contribution is -2.50. The Hall–Kier alpha value is -1.44. The van der Waals surface area contributed by atoms with Gasteiger partial charge in [0.25, 0.3) is 0 Å². The third-order valence-corrected chi connectivity index (χ3v) is 5.29. The summed E-state index contributed by atoms with van der Waals surface area (Å²) >= 11 is 1.62. The summed E-state index contributed by atoms with van der Waals surface area (Å²) in [5.41, 5.74) is 1.61. The number of hydrogen-bond donors (Lipinski definition) is 3. The van der Waals surface area contributed by atoms with Crippen LogP contribution in [0.4, 0.5) is 0 Å². The van der Waals surface area contributed by atoms with E-state index in [1.807, 2.05) is 24.3 Å². The van der Waals surface area contributed by atoms with Crippen LogP contribution in [-0.2, 0) is 11.2 Å². The van der Waals surface area contributed by atoms with Gasteiger partial charge < -0.3 is 19.8 Å². The molecular weight excluding hydrogens is 301 g/mol. The minimum Gasteiger partial charge on any atom is -0.464 e. The van der Waals surface area contributed by atoms with Crippen LogP contribution in [0, 0.1) is 0 Å². The summed E-state index contributed by atoms with van der Waals surface area (Å²) in [6, 6.07) is 7.56. The van der Waals surface area contributed by atoms with Crippen LogP contribution in [0.1, 0.15) is 18.4 Å². The van der Waals surface area contributed by atoms with Crippen molar-refractivity contribution >= 4 is 35.8 Å². The molecule has 1 aliphatic heterocycles. The highest BCUT2D eigenvalue weighted by Gasteiger charge is 2.31. The van der Waals surface area contributed by atoms with Crippen molar-refractivity contribution in [3.05, 3.63) is 36.1 Å². The Morgan fingerprint density at radius 1 is 1.45 bits per heavy atom. The summed E-state index contributed by atoms with van der Waals surface area (Å²) in [5.74, 6) is 0.125. The molecule has 1 saturated heterocycles. The lowest BCUT2D eigenvalue weighted by atomic mass is 9.76. The molecule has 0 bridgehead atoms. The second-order valence-corrected chi connectivity index (χ2v) is 6.80. The van der Waals surface area contributed by atoms with E-state index in [9.17, 15) is 14.8 Å². The van der Waals surface area contributed by atoms with Crippen molar-refractivity contribution < 1.29 is 19.3 Å². The lowest BCUT2D eigenvalue weighted by Gasteiger charge is -2.19. The number of para-hydroxylation sites is 1. The second kappa shape index (κ2) is 6.77. The number of amides is 1. The summed E-state index contributed by atoms with van der Waals surface area (Å²) in [4.78, 5) is 12.2. The summed E-state index contributed by atoms with van der Waals surface area (Å²) in [6.07, 6.45) is 3.80. The molecule has 116 valence electrons. The molecule has 1 amide bonds. The number of thioether (sulfide) groups is 1. The monoisotopic (exact) mass is 319 g/mol. The van der Waals surface area contributed by atoms with Crippen molar-refractivity contribution in [3.8, 4) is 0 Å². The van der Waals surface area contributed by atoms with Crippen molar-refractivity contribution in [1.29, 1.82) is 0 Å². The predicted molar refractivity (Wildman–Crippen MR) is 87.5 cm³/mol. The van der Waals surface area contributed by atoms with Gasteiger partial charge in [0.2, 0.25) is 5.91 Å². The van der Waals surface area contributed by atoms with E-state index in [4.69, 9.17) is 4.42 Å². The smallest absolute Gasteiger partial charge is 0.464 e. The minimum absolute atomic E-state index is 0.0812. The predicted octanol–water partition coefficient (Wildman–Crippen LogP) is 1.37. The quantitative estimate of drug-likeness (QED) is 0.725. The zero-order valence-corrected chi connectivity index (χ0v) is 12.9. The summed E-state index contributed by atoms with van der Waals surface area (Å²) < 4.78 is 5.45. The Morgan fingerprint density at radius 2 is 2.27 bits per heavy atom. The fourth-order valence-corrected chi connectivity index (χ4v) is 3.89. The van der Waals surface area contributed by atoms with Crippen LogP contribution >= 0.6 is 11.8 Å². The van der Waals surface area contributed by atoms with E-state index in [1.165, 1.54) is 0 Å². The molecule has 5 nitrogen and oxygen atoms in total. The zero-order chi connectivity index (χ0) is 15.5. The Balaban J connectivity index is 1.72. The van der Waals surface area contributed by atoms with Crippen LogP contribution in [0.5, 0.6) is 0 Å². The van der Waals surface area contributed by atoms with Gasteiger partial charge in [0.15, 0.2) is 0 Å². The van der Waals surface area contributed by atoms with Gasteiger partial charge in [0, 0.05) is 5.39 Å². The van der Waals surface area contributed by atoms with Crippen molar-refractivity contribution in [2.45, 2.75) is 30.5 Å². The second-order valence-electron chi connectivity index (χ2n) is 5.49. The van der Waals surface area contributed by atoms with Crippen molar-refractivity contribution in [2.24, 2.45) is 0 Å². The van der Waals surface area contributed by atoms with Gasteiger partial charge in [0.1, 0.15) is 5.58 Å². The fourth-order valence-electron chi connectivity index (χ4n) is 2.72. The van der Waals surface area contributed by atoms with Gasteiger partial charge in [-0.2, -0.15) is 0 Å². The van der Waals surface area contributed by atoms with E-state index >= 15 is 0 Å². The number of hydrogen-bond acceptors (Lipinski definition) is 5. The number of rotatable bonds is 5. The van der Waals surface area contributed by atoms with E-state index in [-0.39, 0.29) is 11.2 Å². The van der Waals surface area contributed by atoms with Gasteiger partial charge in [-0.15, -0.1) is 11.8 Å². The topological polar surface area (TPSA) is 82.7 Å². The highest BCUT2D eigenvalue weighted by Crippen LogP contribution is 2.26. The molecule has 1 fully saturated rings. The molecule has 7 heteroatoms. The number of benzene rings is 1. The molecule has 3 N–H and O–H groups in total. The van der Waals surface area contributed by atoms with E-state index in [1.54, 1.807) is 18.0 Å². The summed E-state index contributed by atoms with van der Waals surface area (Å²) in [6.45, 7) is 0. The molecule has 2 heterocycles. The van der Waals surface area contributed by atoms with Gasteiger partial charge in [0.05, 0.1) is 17.5 Å². The fraction of sp³-hybridized carbons (Fsp3) is 0.400. The van der Waals surface area contributed by atoms with Gasteiger partial charge in [-0.25, -0.2) is 0 Å². The first-order chi connectivity index (χ1) is 10.6. The minimum atomic E-state index is -1.61. The first kappa shape index (κ1) is 15.5. The van der Waals surface area contributed by atoms with Crippen molar-refractivity contribution in [2.75, 3.05) is 5.75 Å². The maximum Gasteiger partial charge on any atom is 0.475 e. The Bertz CT molecular complexity index is 654. The number of fused-ring (bicyclic) bond motifs is 1. The molecule has 1 aromatic carbocycles. The molecule has 1 aliphatic rings. The number of carbonyl (C=O) groups is 1. The molecule has 3 rings (SSSR count). The Labute approximate surface area is 133 Å². The number of nitrogens with one attached hydrogen (secondary N) is 1. The number of furan rings is 1. The molecule has 0 radical (unpaired) electrons. The molecule has 2 aromatic rings. The third kappa shape index (κ3) is 3.32. The molecule has 0 aliphatic carbocycles. The normalized spacial score (nSPS) is 19.3. The highest BCUT2D eigenvalue weighted by atomic mass is 32.2. The van der Waals surface area contributed by atoms with Crippen LogP contribution in [0.15, 0.2) is 34.9 Å². The number of carbonyl (C=O) groups excluding carboxylic acids is 1. The average Bonchev–Trinajstić information content (AvgIpc) is 3.16. The molecule has 22 heavy (non-hydrogen) atoms. The van der Waals surface area contributed by atoms with Gasteiger partial charge in [-0.1, -0.05) is 18.2 Å². The largest absolute Gasteiger partial charge is 0.475 e. The Kier molecular flexibility index (Phi) is 4.76. The van der Waals surface area contributed by atoms with Gasteiger partial charge in [-0.05, 0) is 36.6 Å². The standard InChI is InChI=1S/C15H18BNO4S/c18-15(13-6-3-7-22-13)17-14(16(19)20)8-10-9-21-12-5-2-1-4-11(10)12/h1-2,4-5,9,13-14,19-20H,3,6-8H2,(H,17,18). The molecule has 0 spiro atoms. The summed E-state index contributed by atoms with van der Waals surface area (Å²) in [7, 11) is -1.61. The van der Waals surface area contributed by atoms with E-state index in [0.29, 0.717) is 6.42 Å². The third-order valence-electron chi connectivity index (χ3n) is 3.91. The lowest BCUT2D eigenvalue weighted by molar-refractivity contribution is -0.121. The maximum absolute atomic E-state index is 12.2. The first-order valence-corrected chi connectivity index (χ1v) is 8.43. The van der Waals surface area contributed by atoms with Crippen LogP contribution in [0.3, 0.4) is 0 Å². The molecule has 0 saturated carbocycles. The van der Waals surface area contributed by atoms with E-state index in [2.05, 4.69) is 5.32 Å². The average molecular weight is 319 g/mol. The highest BCUT2D eigenvalue weighted by molar-refractivity contribution is 8.00. The van der Waals surface area contributed by atoms with Gasteiger partial charge in [-0.3, -0.25) is 4.79 Å². The van der Waals surface area contributed by atoms with E-state index in [0.717, 1.165) is 35.1 Å².